The lowest BCUT2D eigenvalue weighted by Gasteiger charge is -2.31. The standard InChI is InChI=1S/C61H77ClN8O14/c1-7-31-81-58(76)65-45(18-12-13-25-63-57(75)84-61(2,3)4)54(72)64-41-23-21-39(22-24-41)38-82-60(78)70-47-34-51(50(79-6)33-44(47)55(73)68-26-15-19-46(68)56(70)74)80-32-14-8-9-20-52(71)69-37-40(36-62)53-43-17-11-10-16-42(43)49(35-48(53)69)83-59(77)67-29-27-66(5)28-30-67/h7,10-11,16-17,21-24,33-35,40,45-46,56,74H,1,8-9,12-15,18-20,25-32,36-38H2,2-6H3,(H,63,75)(H,64,72)(H,65,76)/t40-,45+,46?,56?/m1/s1. The minimum Gasteiger partial charge on any atom is -0.493 e. The Morgan fingerprint density at radius 2 is 1.58 bits per heavy atom. The number of piperazine rings is 1. The van der Waals surface area contributed by atoms with Gasteiger partial charge in [0.15, 0.2) is 17.7 Å². The van der Waals surface area contributed by atoms with Gasteiger partial charge in [-0.2, -0.15) is 0 Å². The molecule has 23 heteroatoms. The molecule has 4 aliphatic rings. The SMILES string of the molecule is C=CCOC(=O)N[C@@H](CCCCNC(=O)OC(C)(C)C)C(=O)Nc1ccc(COC(=O)N2c3cc(OCCCCCC(=O)N4C[C@@H](CCl)c5c4cc(OC(=O)N4CCN(C)CC4)c4ccccc54)c(OC)cc3C(=O)N3CCCC3C2O)cc1. The average Bonchev–Trinajstić information content (AvgIpc) is 3.38. The highest BCUT2D eigenvalue weighted by molar-refractivity contribution is 6.19. The van der Waals surface area contributed by atoms with Gasteiger partial charge in [-0.05, 0) is 114 Å². The van der Waals surface area contributed by atoms with Crippen molar-refractivity contribution >= 4 is 81.5 Å². The highest BCUT2D eigenvalue weighted by atomic mass is 35.5. The first kappa shape index (κ1) is 62.2. The van der Waals surface area contributed by atoms with Gasteiger partial charge in [-0.1, -0.05) is 49.1 Å². The first-order valence-electron chi connectivity index (χ1n) is 28.7. The molecule has 4 atom stereocenters. The summed E-state index contributed by atoms with van der Waals surface area (Å²) in [4.78, 5) is 102. The molecule has 452 valence electrons. The summed E-state index contributed by atoms with van der Waals surface area (Å²) in [7, 11) is 3.46. The maximum absolute atomic E-state index is 14.2. The summed E-state index contributed by atoms with van der Waals surface area (Å²) in [6.07, 6.45) is 1.42. The molecule has 7 amide bonds. The van der Waals surface area contributed by atoms with Crippen LogP contribution in [-0.4, -0.2) is 165 Å². The maximum atomic E-state index is 14.2. The average molecular weight is 1180 g/mol. The van der Waals surface area contributed by atoms with Crippen molar-refractivity contribution in [3.05, 3.63) is 96.1 Å². The van der Waals surface area contributed by atoms with Crippen molar-refractivity contribution in [2.24, 2.45) is 0 Å². The molecular formula is C61H77ClN8O14. The second-order valence-electron chi connectivity index (χ2n) is 22.3. The van der Waals surface area contributed by atoms with E-state index in [1.54, 1.807) is 65.8 Å². The van der Waals surface area contributed by atoms with E-state index in [2.05, 4.69) is 27.4 Å². The van der Waals surface area contributed by atoms with Crippen LogP contribution in [-0.2, 0) is 30.4 Å². The lowest BCUT2D eigenvalue weighted by atomic mass is 9.95. The van der Waals surface area contributed by atoms with E-state index in [1.807, 2.05) is 31.3 Å². The van der Waals surface area contributed by atoms with Gasteiger partial charge in [0.2, 0.25) is 11.8 Å². The van der Waals surface area contributed by atoms with E-state index in [1.165, 1.54) is 25.3 Å². The zero-order valence-corrected chi connectivity index (χ0v) is 49.2. The fourth-order valence-corrected chi connectivity index (χ4v) is 11.0. The predicted molar refractivity (Wildman–Crippen MR) is 316 cm³/mol. The Hall–Kier alpha value is -7.82. The third-order valence-electron chi connectivity index (χ3n) is 15.1. The van der Waals surface area contributed by atoms with Crippen LogP contribution >= 0.6 is 11.6 Å². The monoisotopic (exact) mass is 1180 g/mol. The van der Waals surface area contributed by atoms with Gasteiger partial charge in [0.05, 0.1) is 36.7 Å². The van der Waals surface area contributed by atoms with Gasteiger partial charge in [0, 0.05) is 87.2 Å². The number of amides is 7. The van der Waals surface area contributed by atoms with Crippen molar-refractivity contribution in [1.29, 1.82) is 0 Å². The number of anilines is 3. The smallest absolute Gasteiger partial charge is 0.416 e. The number of hydrogen-bond donors (Lipinski definition) is 4. The molecule has 0 radical (unpaired) electrons. The van der Waals surface area contributed by atoms with Crippen LogP contribution in [0.15, 0.2) is 79.4 Å². The number of benzene rings is 4. The lowest BCUT2D eigenvalue weighted by molar-refractivity contribution is -0.119. The number of carbonyl (C=O) groups excluding carboxylic acids is 7. The van der Waals surface area contributed by atoms with Crippen LogP contribution in [0.25, 0.3) is 10.8 Å². The van der Waals surface area contributed by atoms with E-state index in [0.29, 0.717) is 106 Å². The van der Waals surface area contributed by atoms with E-state index in [4.69, 9.17) is 40.0 Å². The van der Waals surface area contributed by atoms with Crippen molar-refractivity contribution in [2.45, 2.75) is 115 Å². The Kier molecular flexibility index (Phi) is 21.2. The van der Waals surface area contributed by atoms with Crippen LogP contribution in [0.2, 0.25) is 0 Å². The molecule has 0 spiro atoms. The molecule has 4 aliphatic heterocycles. The number of nitrogens with zero attached hydrogens (tertiary/aromatic N) is 5. The summed E-state index contributed by atoms with van der Waals surface area (Å²) >= 11 is 6.55. The normalized spacial score (nSPS) is 17.9. The molecule has 0 bridgehead atoms. The Morgan fingerprint density at radius 3 is 2.30 bits per heavy atom. The first-order chi connectivity index (χ1) is 40.4. The zero-order chi connectivity index (χ0) is 60.1. The Labute approximate surface area is 494 Å². The number of hydrogen-bond acceptors (Lipinski definition) is 15. The number of halogens is 1. The second kappa shape index (κ2) is 28.6. The van der Waals surface area contributed by atoms with Crippen molar-refractivity contribution in [3.63, 3.8) is 0 Å². The number of methoxy groups -OCH3 is 1. The third-order valence-corrected chi connectivity index (χ3v) is 15.5. The number of nitrogens with one attached hydrogen (secondary N) is 3. The fraction of sp³-hybridized carbons (Fsp3) is 0.492. The van der Waals surface area contributed by atoms with E-state index < -0.39 is 54.2 Å². The number of rotatable bonds is 22. The number of carbonyl (C=O) groups is 7. The largest absolute Gasteiger partial charge is 0.493 e. The number of aliphatic hydroxyl groups excluding tert-OH is 1. The van der Waals surface area contributed by atoms with Gasteiger partial charge in [-0.15, -0.1) is 11.6 Å². The molecule has 2 fully saturated rings. The van der Waals surface area contributed by atoms with E-state index in [9.17, 15) is 38.7 Å². The number of alkyl carbamates (subject to hydrolysis) is 2. The third kappa shape index (κ3) is 15.5. The number of aliphatic hydroxyl groups is 1. The van der Waals surface area contributed by atoms with Crippen LogP contribution in [0, 0.1) is 0 Å². The Bertz CT molecular complexity index is 3040. The predicted octanol–water partition coefficient (Wildman–Crippen LogP) is 8.90. The minimum atomic E-state index is -1.47. The quantitative estimate of drug-likeness (QED) is 0.0248. The van der Waals surface area contributed by atoms with E-state index in [-0.39, 0.29) is 73.1 Å². The number of unbranched alkanes of at least 4 members (excludes halogenated alkanes) is 3. The fourth-order valence-electron chi connectivity index (χ4n) is 10.8. The van der Waals surface area contributed by atoms with E-state index >= 15 is 0 Å². The Morgan fingerprint density at radius 1 is 0.845 bits per heavy atom. The van der Waals surface area contributed by atoms with Crippen molar-refractivity contribution < 1.29 is 67.1 Å². The summed E-state index contributed by atoms with van der Waals surface area (Å²) in [5.74, 6) is 0.0657. The van der Waals surface area contributed by atoms with E-state index in [0.717, 1.165) is 34.3 Å². The number of likely N-dealkylation sites (N-methyl/N-ethyl adjacent to an activating group) is 1. The topological polar surface area (TPSA) is 247 Å². The molecule has 4 aromatic rings. The second-order valence-corrected chi connectivity index (χ2v) is 22.6. The molecule has 4 aromatic carbocycles. The molecular weight excluding hydrogens is 1100 g/mol. The molecule has 84 heavy (non-hydrogen) atoms. The summed E-state index contributed by atoms with van der Waals surface area (Å²) in [6, 6.07) is 17.3. The molecule has 22 nitrogen and oxygen atoms in total. The van der Waals surface area contributed by atoms with Crippen molar-refractivity contribution in [3.8, 4) is 17.2 Å². The van der Waals surface area contributed by atoms with Gasteiger partial charge in [-0.25, -0.2) is 24.1 Å². The molecule has 0 aliphatic carbocycles. The van der Waals surface area contributed by atoms with Crippen molar-refractivity contribution in [1.82, 2.24) is 25.3 Å². The molecule has 4 N–H and O–H groups in total. The van der Waals surface area contributed by atoms with Gasteiger partial charge in [0.25, 0.3) is 5.91 Å². The van der Waals surface area contributed by atoms with Crippen LogP contribution in [0.5, 0.6) is 17.2 Å². The van der Waals surface area contributed by atoms with Crippen molar-refractivity contribution in [2.75, 3.05) is 94.2 Å². The van der Waals surface area contributed by atoms with Crippen LogP contribution in [0.1, 0.15) is 106 Å². The minimum absolute atomic E-state index is 0.0558. The van der Waals surface area contributed by atoms with Crippen LogP contribution in [0.3, 0.4) is 0 Å². The van der Waals surface area contributed by atoms with Crippen LogP contribution in [0.4, 0.5) is 36.2 Å². The molecule has 0 aromatic heterocycles. The lowest BCUT2D eigenvalue weighted by Crippen LogP contribution is -2.50. The molecule has 2 unspecified atom stereocenters. The van der Waals surface area contributed by atoms with Crippen LogP contribution < -0.4 is 40.0 Å². The molecule has 2 saturated heterocycles. The Balaban J connectivity index is 0.877. The summed E-state index contributed by atoms with van der Waals surface area (Å²) < 4.78 is 34.2. The number of fused-ring (bicyclic) bond motifs is 5. The van der Waals surface area contributed by atoms with Gasteiger partial charge >= 0.3 is 24.4 Å². The highest BCUT2D eigenvalue weighted by Crippen LogP contribution is 2.46. The van der Waals surface area contributed by atoms with Gasteiger partial charge in [-0.3, -0.25) is 14.4 Å². The number of alkyl halides is 1. The summed E-state index contributed by atoms with van der Waals surface area (Å²) in [5.41, 5.74) is 2.11. The molecule has 8 rings (SSSR count). The summed E-state index contributed by atoms with van der Waals surface area (Å²) in [6.45, 7) is 12.4. The highest BCUT2D eigenvalue weighted by Gasteiger charge is 2.45. The van der Waals surface area contributed by atoms with Gasteiger partial charge < -0.3 is 69.1 Å². The number of ether oxygens (including phenoxy) is 6. The van der Waals surface area contributed by atoms with Gasteiger partial charge in [0.1, 0.15) is 30.6 Å². The molecule has 4 heterocycles. The summed E-state index contributed by atoms with van der Waals surface area (Å²) in [5, 5.41) is 21.6. The maximum Gasteiger partial charge on any atom is 0.416 e. The first-order valence-corrected chi connectivity index (χ1v) is 29.2. The molecule has 0 saturated carbocycles. The zero-order valence-electron chi connectivity index (χ0n) is 48.5.